The molecule has 0 saturated heterocycles. The first-order valence-corrected chi connectivity index (χ1v) is 11.2. The summed E-state index contributed by atoms with van der Waals surface area (Å²) in [4.78, 5) is 24.0. The highest BCUT2D eigenvalue weighted by atomic mass is 16.5. The van der Waals surface area contributed by atoms with Crippen LogP contribution in [-0.2, 0) is 9.59 Å². The molecule has 0 spiro atoms. The van der Waals surface area contributed by atoms with E-state index in [0.29, 0.717) is 24.6 Å². The summed E-state index contributed by atoms with van der Waals surface area (Å²) in [5.74, 6) is 0.241. The maximum atomic E-state index is 12.3. The van der Waals surface area contributed by atoms with Gasteiger partial charge < -0.3 is 20.3 Å². The number of carbonyl (C=O) groups is 2. The summed E-state index contributed by atoms with van der Waals surface area (Å²) in [5.41, 5.74) is 0. The number of carbonyl (C=O) groups excluding carboxylic acids is 2. The highest BCUT2D eigenvalue weighted by Gasteiger charge is 2.39. The normalized spacial score (nSPS) is 24.7. The second-order valence-corrected chi connectivity index (χ2v) is 8.44. The molecule has 2 aliphatic carbocycles. The second-order valence-electron chi connectivity index (χ2n) is 8.44. The number of ether oxygens (including phenoxy) is 1. The van der Waals surface area contributed by atoms with Gasteiger partial charge in [-0.2, -0.15) is 0 Å². The van der Waals surface area contributed by atoms with Crippen LogP contribution < -0.4 is 10.1 Å². The molecule has 31 heavy (non-hydrogen) atoms. The molecule has 1 aromatic carbocycles. The number of unbranched alkanes of at least 4 members (excludes halogenated alkanes) is 1. The molecule has 1 amide bonds. The van der Waals surface area contributed by atoms with Gasteiger partial charge in [-0.25, -0.2) is 0 Å². The van der Waals surface area contributed by atoms with Crippen LogP contribution in [0, 0.1) is 11.8 Å². The van der Waals surface area contributed by atoms with Gasteiger partial charge in [0.15, 0.2) is 0 Å². The average Bonchev–Trinajstić information content (AvgIpc) is 3.52. The molecule has 0 aliphatic heterocycles. The van der Waals surface area contributed by atoms with Gasteiger partial charge >= 0.3 is 0 Å². The van der Waals surface area contributed by atoms with Crippen LogP contribution in [0.4, 0.5) is 0 Å². The van der Waals surface area contributed by atoms with Gasteiger partial charge in [-0.05, 0) is 44.2 Å². The number of Topliss-reactive ketones (excluding diaryl/α,β-unsaturated/α-hetero) is 1. The molecule has 4 atom stereocenters. The third kappa shape index (κ3) is 7.96. The number of para-hydroxylation sites is 1. The summed E-state index contributed by atoms with van der Waals surface area (Å²) in [6, 6.07) is 9.65. The lowest BCUT2D eigenvalue weighted by molar-refractivity contribution is -0.122. The summed E-state index contributed by atoms with van der Waals surface area (Å²) in [5, 5.41) is 23.4. The third-order valence-corrected chi connectivity index (χ3v) is 5.73. The van der Waals surface area contributed by atoms with Gasteiger partial charge in [-0.3, -0.25) is 9.59 Å². The maximum absolute atomic E-state index is 12.3. The fraction of sp³-hybridized carbons (Fsp3) is 0.520. The van der Waals surface area contributed by atoms with E-state index >= 15 is 0 Å². The second kappa shape index (κ2) is 11.8. The molecule has 168 valence electrons. The van der Waals surface area contributed by atoms with Crippen molar-refractivity contribution in [2.45, 2.75) is 63.2 Å². The molecule has 3 rings (SSSR count). The lowest BCUT2D eigenvalue weighted by Crippen LogP contribution is -2.24. The van der Waals surface area contributed by atoms with Crippen molar-refractivity contribution in [3.63, 3.8) is 0 Å². The van der Waals surface area contributed by atoms with Crippen molar-refractivity contribution in [1.82, 2.24) is 5.32 Å². The van der Waals surface area contributed by atoms with Crippen LogP contribution in [0.3, 0.4) is 0 Å². The van der Waals surface area contributed by atoms with Crippen molar-refractivity contribution in [3.05, 3.63) is 54.6 Å². The standard InChI is InChI=1S/C25H33NO5/c27-19(17-31-20-8-4-3-5-9-20)14-15-22-21(23(28)16-24(22)29)10-6-1-2-7-11-25(30)26-18-12-13-18/h1,3-6,8-9,14-15,18-19,21-22,24,27,29H,2,7,10-13,16-17H2,(H,26,30)/t19-,21-,22-,24-/m1/s1. The van der Waals surface area contributed by atoms with Crippen LogP contribution in [0.2, 0.25) is 0 Å². The lowest BCUT2D eigenvalue weighted by Gasteiger charge is -2.17. The molecule has 0 radical (unpaired) electrons. The van der Waals surface area contributed by atoms with Crippen molar-refractivity contribution in [2.75, 3.05) is 6.61 Å². The average molecular weight is 428 g/mol. The number of amides is 1. The summed E-state index contributed by atoms with van der Waals surface area (Å²) >= 11 is 0. The van der Waals surface area contributed by atoms with Crippen molar-refractivity contribution in [2.24, 2.45) is 11.8 Å². The van der Waals surface area contributed by atoms with E-state index in [-0.39, 0.29) is 36.6 Å². The number of nitrogens with one attached hydrogen (secondary N) is 1. The smallest absolute Gasteiger partial charge is 0.220 e. The molecule has 1 aromatic rings. The van der Waals surface area contributed by atoms with Crippen LogP contribution in [0.25, 0.3) is 0 Å². The van der Waals surface area contributed by atoms with Gasteiger partial charge in [-0.1, -0.05) is 42.5 Å². The number of ketones is 1. The molecule has 2 fully saturated rings. The van der Waals surface area contributed by atoms with Gasteiger partial charge in [-0.15, -0.1) is 0 Å². The zero-order valence-corrected chi connectivity index (χ0v) is 17.9. The van der Waals surface area contributed by atoms with E-state index < -0.39 is 12.2 Å². The lowest BCUT2D eigenvalue weighted by atomic mass is 9.90. The van der Waals surface area contributed by atoms with Gasteiger partial charge in [0.2, 0.25) is 5.91 Å². The number of hydrogen-bond acceptors (Lipinski definition) is 5. The van der Waals surface area contributed by atoms with Crippen LogP contribution in [-0.4, -0.2) is 46.8 Å². The number of aliphatic hydroxyl groups is 2. The molecule has 2 aliphatic rings. The molecule has 0 aromatic heterocycles. The summed E-state index contributed by atoms with van der Waals surface area (Å²) in [6.45, 7) is 0.107. The molecule has 0 bridgehead atoms. The number of allylic oxidation sites excluding steroid dienone is 2. The van der Waals surface area contributed by atoms with Crippen molar-refractivity contribution < 1.29 is 24.5 Å². The Balaban J connectivity index is 1.40. The Morgan fingerprint density at radius 1 is 1.23 bits per heavy atom. The van der Waals surface area contributed by atoms with E-state index in [1.54, 1.807) is 12.2 Å². The Kier molecular flexibility index (Phi) is 8.85. The number of rotatable bonds is 12. The Bertz CT molecular complexity index is 771. The Hall–Kier alpha value is -2.44. The van der Waals surface area contributed by atoms with Crippen LogP contribution in [0.15, 0.2) is 54.6 Å². The molecule has 6 heteroatoms. The summed E-state index contributed by atoms with van der Waals surface area (Å²) in [7, 11) is 0. The van der Waals surface area contributed by atoms with Crippen LogP contribution >= 0.6 is 0 Å². The van der Waals surface area contributed by atoms with Crippen molar-refractivity contribution in [1.29, 1.82) is 0 Å². The Morgan fingerprint density at radius 3 is 2.74 bits per heavy atom. The first-order valence-electron chi connectivity index (χ1n) is 11.2. The van der Waals surface area contributed by atoms with Gasteiger partial charge in [0.25, 0.3) is 0 Å². The predicted octanol–water partition coefficient (Wildman–Crippen LogP) is 2.94. The SMILES string of the molecule is O=C(CCCC=CC[C@H]1C(=O)C[C@@H](O)[C@@H]1C=C[C@@H](O)COc1ccccc1)NC1CC1. The molecular weight excluding hydrogens is 394 g/mol. The predicted molar refractivity (Wildman–Crippen MR) is 118 cm³/mol. The highest BCUT2D eigenvalue weighted by molar-refractivity contribution is 5.84. The quantitative estimate of drug-likeness (QED) is 0.352. The first-order chi connectivity index (χ1) is 15.0. The fourth-order valence-electron chi connectivity index (χ4n) is 3.81. The number of hydrogen-bond donors (Lipinski definition) is 3. The molecule has 6 nitrogen and oxygen atoms in total. The topological polar surface area (TPSA) is 95.9 Å². The maximum Gasteiger partial charge on any atom is 0.220 e. The van der Waals surface area contributed by atoms with Crippen LogP contribution in [0.1, 0.15) is 44.9 Å². The van der Waals surface area contributed by atoms with Crippen LogP contribution in [0.5, 0.6) is 5.75 Å². The van der Waals surface area contributed by atoms with E-state index in [1.807, 2.05) is 42.5 Å². The molecule has 0 unspecified atom stereocenters. The van der Waals surface area contributed by atoms with Gasteiger partial charge in [0.05, 0.1) is 6.10 Å². The minimum absolute atomic E-state index is 0.0469. The van der Waals surface area contributed by atoms with E-state index in [1.165, 1.54) is 0 Å². The third-order valence-electron chi connectivity index (χ3n) is 5.73. The molecule has 0 heterocycles. The molecule has 2 saturated carbocycles. The zero-order valence-electron chi connectivity index (χ0n) is 17.9. The van der Waals surface area contributed by atoms with Gasteiger partial charge in [0.1, 0.15) is 24.2 Å². The van der Waals surface area contributed by atoms with Crippen molar-refractivity contribution >= 4 is 11.7 Å². The summed E-state index contributed by atoms with van der Waals surface area (Å²) < 4.78 is 5.53. The van der Waals surface area contributed by atoms with E-state index in [9.17, 15) is 19.8 Å². The first kappa shape index (κ1) is 23.2. The van der Waals surface area contributed by atoms with E-state index in [0.717, 1.165) is 25.7 Å². The number of aliphatic hydroxyl groups excluding tert-OH is 2. The highest BCUT2D eigenvalue weighted by Crippen LogP contribution is 2.33. The number of benzene rings is 1. The minimum Gasteiger partial charge on any atom is -0.491 e. The Labute approximate surface area is 184 Å². The largest absolute Gasteiger partial charge is 0.491 e. The molecular formula is C25H33NO5. The zero-order chi connectivity index (χ0) is 22.1. The Morgan fingerprint density at radius 2 is 2.00 bits per heavy atom. The van der Waals surface area contributed by atoms with Crippen molar-refractivity contribution in [3.8, 4) is 5.75 Å². The summed E-state index contributed by atoms with van der Waals surface area (Å²) in [6.07, 6.45) is 10.8. The monoisotopic (exact) mass is 427 g/mol. The van der Waals surface area contributed by atoms with E-state index in [4.69, 9.17) is 4.74 Å². The minimum atomic E-state index is -0.818. The van der Waals surface area contributed by atoms with E-state index in [2.05, 4.69) is 5.32 Å². The van der Waals surface area contributed by atoms with Gasteiger partial charge in [0, 0.05) is 30.7 Å². The fourth-order valence-corrected chi connectivity index (χ4v) is 3.81. The molecule has 3 N–H and O–H groups in total.